The van der Waals surface area contributed by atoms with E-state index in [4.69, 9.17) is 4.43 Å². The first kappa shape index (κ1) is 15.3. The number of benzene rings is 1. The molecule has 0 bridgehead atoms. The van der Waals surface area contributed by atoms with Gasteiger partial charge in [-0.2, -0.15) is 0 Å². The van der Waals surface area contributed by atoms with Crippen LogP contribution in [-0.4, -0.2) is 13.4 Å². The highest BCUT2D eigenvalue weighted by molar-refractivity contribution is 6.74. The van der Waals surface area contributed by atoms with Crippen molar-refractivity contribution in [2.75, 3.05) is 0 Å². The minimum atomic E-state index is -1.89. The van der Waals surface area contributed by atoms with E-state index in [1.807, 2.05) is 18.2 Å². The summed E-state index contributed by atoms with van der Waals surface area (Å²) in [5.41, 5.74) is -0.0710. The molecular weight excluding hydrogens is 240 g/mol. The van der Waals surface area contributed by atoms with Crippen LogP contribution in [0.15, 0.2) is 18.2 Å². The van der Waals surface area contributed by atoms with Crippen molar-refractivity contribution >= 4 is 8.32 Å². The molecule has 0 amide bonds. The van der Waals surface area contributed by atoms with Crippen molar-refractivity contribution in [2.45, 2.75) is 58.4 Å². The van der Waals surface area contributed by atoms with Crippen LogP contribution in [0.3, 0.4) is 0 Å². The second-order valence-corrected chi connectivity index (χ2v) is 11.6. The lowest BCUT2D eigenvalue weighted by molar-refractivity contribution is 0.0766. The Hall–Kier alpha value is -0.803. The molecule has 1 rings (SSSR count). The summed E-state index contributed by atoms with van der Waals surface area (Å²) in [5.74, 6) is 0.761. The fraction of sp³-hybridized carbons (Fsp3) is 0.600. The van der Waals surface area contributed by atoms with Gasteiger partial charge in [0, 0.05) is 5.56 Å². The van der Waals surface area contributed by atoms with Gasteiger partial charge in [0.15, 0.2) is 0 Å². The van der Waals surface area contributed by atoms with Gasteiger partial charge in [0.05, 0.1) is 5.60 Å². The van der Waals surface area contributed by atoms with E-state index in [0.717, 1.165) is 11.3 Å². The number of aliphatic hydroxyl groups is 1. The van der Waals surface area contributed by atoms with Gasteiger partial charge in [-0.05, 0) is 44.1 Å². The Morgan fingerprint density at radius 2 is 1.72 bits per heavy atom. The fourth-order valence-electron chi connectivity index (χ4n) is 1.43. The van der Waals surface area contributed by atoms with Gasteiger partial charge in [0.25, 0.3) is 0 Å². The molecule has 0 aliphatic carbocycles. The first-order chi connectivity index (χ1) is 7.95. The highest BCUT2D eigenvalue weighted by Crippen LogP contribution is 2.39. The summed E-state index contributed by atoms with van der Waals surface area (Å²) in [7, 11) is -1.89. The van der Waals surface area contributed by atoms with Crippen molar-refractivity contribution in [3.63, 3.8) is 0 Å². The Kier molecular flexibility index (Phi) is 3.99. The first-order valence-corrected chi connectivity index (χ1v) is 9.28. The summed E-state index contributed by atoms with van der Waals surface area (Å²) in [4.78, 5) is 0. The van der Waals surface area contributed by atoms with Crippen LogP contribution >= 0.6 is 0 Å². The van der Waals surface area contributed by atoms with Crippen molar-refractivity contribution < 1.29 is 9.53 Å². The van der Waals surface area contributed by atoms with E-state index in [9.17, 15) is 5.11 Å². The van der Waals surface area contributed by atoms with Crippen molar-refractivity contribution in [3.8, 4) is 5.75 Å². The molecule has 0 saturated heterocycles. The molecule has 1 aromatic carbocycles. The number of hydrogen-bond donors (Lipinski definition) is 1. The molecule has 3 heteroatoms. The van der Waals surface area contributed by atoms with Crippen LogP contribution in [0.5, 0.6) is 5.75 Å². The molecule has 2 nitrogen and oxygen atoms in total. The molecule has 0 heterocycles. The normalized spacial score (nSPS) is 13.6. The highest BCUT2D eigenvalue weighted by atomic mass is 28.4. The van der Waals surface area contributed by atoms with Gasteiger partial charge in [0.1, 0.15) is 5.75 Å². The lowest BCUT2D eigenvalue weighted by Crippen LogP contribution is -2.44. The molecule has 18 heavy (non-hydrogen) atoms. The smallest absolute Gasteiger partial charge is 0.250 e. The summed E-state index contributed by atoms with van der Waals surface area (Å²) in [5, 5.41) is 10.3. The largest absolute Gasteiger partial charge is 0.543 e. The Morgan fingerprint density at radius 3 is 2.17 bits per heavy atom. The molecule has 0 saturated carbocycles. The average Bonchev–Trinajstić information content (AvgIpc) is 2.14. The summed E-state index contributed by atoms with van der Waals surface area (Å²) in [6, 6.07) is 8.55. The third kappa shape index (κ3) is 3.36. The zero-order valence-corrected chi connectivity index (χ0v) is 13.6. The SMILES string of the molecule is CC(C)(O)c1cc[c]cc1O[Si](C)(C)C(C)(C)C. The predicted molar refractivity (Wildman–Crippen MR) is 78.3 cm³/mol. The molecule has 0 spiro atoms. The predicted octanol–water partition coefficient (Wildman–Crippen LogP) is 4.10. The summed E-state index contributed by atoms with van der Waals surface area (Å²) >= 11 is 0. The van der Waals surface area contributed by atoms with Crippen LogP contribution < -0.4 is 4.43 Å². The third-order valence-electron chi connectivity index (χ3n) is 3.66. The topological polar surface area (TPSA) is 29.5 Å². The van der Waals surface area contributed by atoms with Gasteiger partial charge < -0.3 is 9.53 Å². The highest BCUT2D eigenvalue weighted by Gasteiger charge is 2.39. The van der Waals surface area contributed by atoms with Gasteiger partial charge in [-0.3, -0.25) is 0 Å². The second-order valence-electron chi connectivity index (χ2n) is 6.84. The van der Waals surface area contributed by atoms with Crippen LogP contribution in [-0.2, 0) is 5.60 Å². The van der Waals surface area contributed by atoms with Crippen LogP contribution in [0.4, 0.5) is 0 Å². The average molecular weight is 265 g/mol. The molecule has 1 radical (unpaired) electrons. The molecule has 0 aliphatic heterocycles. The van der Waals surface area contributed by atoms with Crippen molar-refractivity contribution in [1.29, 1.82) is 0 Å². The standard InChI is InChI=1S/C15H25O2Si/c1-14(2,3)18(6,7)17-13-11-9-8-10-12(13)15(4,5)16/h8,10-11,16H,1-7H3. The maximum Gasteiger partial charge on any atom is 0.250 e. The Morgan fingerprint density at radius 1 is 1.17 bits per heavy atom. The van der Waals surface area contributed by atoms with Gasteiger partial charge in [0.2, 0.25) is 8.32 Å². The lowest BCUT2D eigenvalue weighted by atomic mass is 9.98. The van der Waals surface area contributed by atoms with Crippen LogP contribution in [0.1, 0.15) is 40.2 Å². The van der Waals surface area contributed by atoms with E-state index in [1.165, 1.54) is 0 Å². The molecule has 0 aliphatic rings. The van der Waals surface area contributed by atoms with E-state index >= 15 is 0 Å². The van der Waals surface area contributed by atoms with Crippen LogP contribution in [0, 0.1) is 6.07 Å². The molecule has 0 fully saturated rings. The Bertz CT molecular complexity index is 411. The molecule has 1 aromatic rings. The summed E-state index contributed by atoms with van der Waals surface area (Å²) < 4.78 is 6.27. The molecule has 0 atom stereocenters. The fourth-order valence-corrected chi connectivity index (χ4v) is 2.46. The summed E-state index contributed by atoms with van der Waals surface area (Å²) in [6.07, 6.45) is 0. The quantitative estimate of drug-likeness (QED) is 0.834. The third-order valence-corrected chi connectivity index (χ3v) is 8.00. The van der Waals surface area contributed by atoms with Crippen LogP contribution in [0.2, 0.25) is 18.1 Å². The van der Waals surface area contributed by atoms with Crippen LogP contribution in [0.25, 0.3) is 0 Å². The number of rotatable bonds is 3. The molecule has 1 N–H and O–H groups in total. The zero-order chi connectivity index (χ0) is 14.2. The molecular formula is C15H25O2Si. The maximum absolute atomic E-state index is 10.2. The van der Waals surface area contributed by atoms with Crippen molar-refractivity contribution in [1.82, 2.24) is 0 Å². The molecule has 0 unspecified atom stereocenters. The number of hydrogen-bond acceptors (Lipinski definition) is 2. The van der Waals surface area contributed by atoms with Gasteiger partial charge in [-0.1, -0.05) is 32.9 Å². The minimum Gasteiger partial charge on any atom is -0.543 e. The van der Waals surface area contributed by atoms with E-state index < -0.39 is 13.9 Å². The van der Waals surface area contributed by atoms with E-state index in [2.05, 4.69) is 39.9 Å². The van der Waals surface area contributed by atoms with E-state index in [-0.39, 0.29) is 5.04 Å². The van der Waals surface area contributed by atoms with Gasteiger partial charge in [-0.25, -0.2) is 0 Å². The lowest BCUT2D eigenvalue weighted by Gasteiger charge is -2.37. The zero-order valence-electron chi connectivity index (χ0n) is 12.6. The summed E-state index contributed by atoms with van der Waals surface area (Å²) in [6.45, 7) is 14.6. The van der Waals surface area contributed by atoms with Gasteiger partial charge in [-0.15, -0.1) is 0 Å². The first-order valence-electron chi connectivity index (χ1n) is 6.37. The molecule has 0 aromatic heterocycles. The Labute approximate surface area is 112 Å². The monoisotopic (exact) mass is 265 g/mol. The maximum atomic E-state index is 10.2. The molecule has 101 valence electrons. The second kappa shape index (κ2) is 4.70. The Balaban J connectivity index is 3.14. The van der Waals surface area contributed by atoms with E-state index in [0.29, 0.717) is 0 Å². The van der Waals surface area contributed by atoms with Gasteiger partial charge >= 0.3 is 0 Å². The minimum absolute atomic E-state index is 0.139. The van der Waals surface area contributed by atoms with E-state index in [1.54, 1.807) is 13.8 Å². The van der Waals surface area contributed by atoms with Crippen molar-refractivity contribution in [2.24, 2.45) is 0 Å². The van der Waals surface area contributed by atoms with Crippen molar-refractivity contribution in [3.05, 3.63) is 29.8 Å².